The van der Waals surface area contributed by atoms with E-state index in [2.05, 4.69) is 10.6 Å². The smallest absolute Gasteiger partial charge is 0.416 e. The average molecular weight is 429 g/mol. The Morgan fingerprint density at radius 3 is 2.31 bits per heavy atom. The maximum atomic E-state index is 12.9. The lowest BCUT2D eigenvalue weighted by Crippen LogP contribution is -2.51. The topological polar surface area (TPSA) is 78.4 Å². The Kier molecular flexibility index (Phi) is 6.47. The molecule has 5 nitrogen and oxygen atoms in total. The van der Waals surface area contributed by atoms with Crippen LogP contribution in [-0.2, 0) is 11.0 Å². The summed E-state index contributed by atoms with van der Waals surface area (Å²) in [4.78, 5) is 25.3. The highest BCUT2D eigenvalue weighted by molar-refractivity contribution is 6.31. The number of carbonyl (C=O) groups excluding carboxylic acids is 2. The molecule has 0 saturated heterocycles. The van der Waals surface area contributed by atoms with Crippen LogP contribution in [0.1, 0.15) is 36.7 Å². The Hall–Kier alpha value is -2.74. The number of rotatable bonds is 4. The predicted molar refractivity (Wildman–Crippen MR) is 104 cm³/mol. The summed E-state index contributed by atoms with van der Waals surface area (Å²) in [6.45, 7) is 5.05. The predicted octanol–water partition coefficient (Wildman–Crippen LogP) is 4.85. The van der Waals surface area contributed by atoms with Crippen LogP contribution in [0, 0.1) is 5.41 Å². The van der Waals surface area contributed by atoms with Crippen LogP contribution in [-0.4, -0.2) is 23.0 Å². The Morgan fingerprint density at radius 1 is 1.07 bits per heavy atom. The highest BCUT2D eigenvalue weighted by Gasteiger charge is 2.34. The van der Waals surface area contributed by atoms with E-state index in [0.717, 1.165) is 12.1 Å². The first kappa shape index (κ1) is 22.5. The van der Waals surface area contributed by atoms with Crippen molar-refractivity contribution in [3.05, 3.63) is 58.6 Å². The van der Waals surface area contributed by atoms with Gasteiger partial charge in [0, 0.05) is 10.7 Å². The van der Waals surface area contributed by atoms with Crippen LogP contribution in [0.4, 0.5) is 18.9 Å². The maximum Gasteiger partial charge on any atom is 0.416 e. The van der Waals surface area contributed by atoms with Crippen molar-refractivity contribution >= 4 is 29.1 Å². The van der Waals surface area contributed by atoms with Gasteiger partial charge in [-0.1, -0.05) is 38.4 Å². The molecular weight excluding hydrogens is 409 g/mol. The third kappa shape index (κ3) is 5.87. The molecule has 0 aliphatic heterocycles. The number of nitrogens with one attached hydrogen (secondary N) is 2. The number of carbonyl (C=O) groups is 2. The number of amides is 2. The Bertz CT molecular complexity index is 924. The number of phenols is 1. The lowest BCUT2D eigenvalue weighted by Gasteiger charge is -2.30. The molecule has 2 amide bonds. The lowest BCUT2D eigenvalue weighted by atomic mass is 9.85. The number of anilines is 1. The summed E-state index contributed by atoms with van der Waals surface area (Å²) in [7, 11) is 0. The van der Waals surface area contributed by atoms with Crippen molar-refractivity contribution < 1.29 is 27.9 Å². The van der Waals surface area contributed by atoms with Gasteiger partial charge in [0.15, 0.2) is 0 Å². The van der Waals surface area contributed by atoms with E-state index in [1.165, 1.54) is 30.3 Å². The highest BCUT2D eigenvalue weighted by atomic mass is 35.5. The molecule has 0 aromatic heterocycles. The summed E-state index contributed by atoms with van der Waals surface area (Å²) in [5.41, 5.74) is -1.87. The third-order valence-corrected chi connectivity index (χ3v) is 4.30. The van der Waals surface area contributed by atoms with Gasteiger partial charge in [-0.2, -0.15) is 13.2 Å². The first-order valence-electron chi connectivity index (χ1n) is 8.56. The molecule has 0 saturated carbocycles. The Balaban J connectivity index is 2.26. The minimum absolute atomic E-state index is 0.0565. The monoisotopic (exact) mass is 428 g/mol. The fourth-order valence-corrected chi connectivity index (χ4v) is 2.73. The normalized spacial score (nSPS) is 12.9. The van der Waals surface area contributed by atoms with Gasteiger partial charge < -0.3 is 15.7 Å². The lowest BCUT2D eigenvalue weighted by molar-refractivity contribution is -0.137. The van der Waals surface area contributed by atoms with Gasteiger partial charge in [0.25, 0.3) is 5.91 Å². The quantitative estimate of drug-likeness (QED) is 0.651. The molecule has 0 aliphatic rings. The van der Waals surface area contributed by atoms with E-state index < -0.39 is 35.0 Å². The molecule has 29 heavy (non-hydrogen) atoms. The fraction of sp³-hybridized carbons (Fsp3) is 0.300. The van der Waals surface area contributed by atoms with E-state index in [4.69, 9.17) is 11.6 Å². The standard InChI is InChI=1S/C20H20ClF3N2O3/c1-19(2,3)16(26-17(28)14-10-12(21)7-8-15(14)27)18(29)25-13-6-4-5-11(9-13)20(22,23)24/h4-10,16,27H,1-3H3,(H,25,29)(H,26,28)/t16-/m1/s1. The molecule has 0 bridgehead atoms. The van der Waals surface area contributed by atoms with Crippen LogP contribution in [0.3, 0.4) is 0 Å². The second kappa shape index (κ2) is 8.32. The van der Waals surface area contributed by atoms with Gasteiger partial charge in [0.05, 0.1) is 11.1 Å². The molecule has 2 rings (SSSR count). The minimum atomic E-state index is -4.55. The van der Waals surface area contributed by atoms with E-state index in [0.29, 0.717) is 0 Å². The van der Waals surface area contributed by atoms with E-state index >= 15 is 0 Å². The number of hydrogen-bond donors (Lipinski definition) is 3. The summed E-state index contributed by atoms with van der Waals surface area (Å²) in [6, 6.07) is 6.97. The fourth-order valence-electron chi connectivity index (χ4n) is 2.56. The summed E-state index contributed by atoms with van der Waals surface area (Å²) in [5.74, 6) is -1.77. The number of hydrogen-bond acceptors (Lipinski definition) is 3. The summed E-state index contributed by atoms with van der Waals surface area (Å²) >= 11 is 5.85. The summed E-state index contributed by atoms with van der Waals surface area (Å²) in [6.07, 6.45) is -4.55. The SMILES string of the molecule is CC(C)(C)[C@H](NC(=O)c1cc(Cl)ccc1O)C(=O)Nc1cccc(C(F)(F)F)c1. The van der Waals surface area contributed by atoms with Crippen molar-refractivity contribution in [2.24, 2.45) is 5.41 Å². The molecule has 156 valence electrons. The van der Waals surface area contributed by atoms with Crippen molar-refractivity contribution in [3.8, 4) is 5.75 Å². The summed E-state index contributed by atoms with van der Waals surface area (Å²) in [5, 5.41) is 15.0. The molecule has 0 unspecified atom stereocenters. The zero-order valence-corrected chi connectivity index (χ0v) is 16.7. The largest absolute Gasteiger partial charge is 0.507 e. The number of aromatic hydroxyl groups is 1. The molecular formula is C20H20ClF3N2O3. The Labute approximate surface area is 170 Å². The molecule has 0 aliphatic carbocycles. The number of alkyl halides is 3. The summed E-state index contributed by atoms with van der Waals surface area (Å²) < 4.78 is 38.6. The van der Waals surface area contributed by atoms with E-state index in [-0.39, 0.29) is 22.0 Å². The molecule has 3 N–H and O–H groups in total. The molecule has 0 heterocycles. The van der Waals surface area contributed by atoms with Gasteiger partial charge in [-0.05, 0) is 41.8 Å². The van der Waals surface area contributed by atoms with Gasteiger partial charge in [-0.15, -0.1) is 0 Å². The number of halogens is 4. The first-order valence-corrected chi connectivity index (χ1v) is 8.94. The molecule has 0 spiro atoms. The van der Waals surface area contributed by atoms with Gasteiger partial charge in [0.1, 0.15) is 11.8 Å². The van der Waals surface area contributed by atoms with Crippen molar-refractivity contribution in [1.82, 2.24) is 5.32 Å². The second-order valence-corrected chi connectivity index (χ2v) is 7.94. The first-order chi connectivity index (χ1) is 13.3. The maximum absolute atomic E-state index is 12.9. The number of phenolic OH excluding ortho intramolecular Hbond substituents is 1. The van der Waals surface area contributed by atoms with Crippen LogP contribution in [0.5, 0.6) is 5.75 Å². The molecule has 9 heteroatoms. The van der Waals surface area contributed by atoms with Crippen LogP contribution in [0.2, 0.25) is 5.02 Å². The van der Waals surface area contributed by atoms with Crippen molar-refractivity contribution in [2.75, 3.05) is 5.32 Å². The average Bonchev–Trinajstić information content (AvgIpc) is 2.60. The van der Waals surface area contributed by atoms with Crippen LogP contribution in [0.15, 0.2) is 42.5 Å². The van der Waals surface area contributed by atoms with Gasteiger partial charge >= 0.3 is 6.18 Å². The molecule has 2 aromatic carbocycles. The van der Waals surface area contributed by atoms with Crippen LogP contribution >= 0.6 is 11.6 Å². The van der Waals surface area contributed by atoms with Crippen molar-refractivity contribution in [2.45, 2.75) is 33.0 Å². The van der Waals surface area contributed by atoms with E-state index in [1.807, 2.05) is 0 Å². The van der Waals surface area contributed by atoms with Crippen molar-refractivity contribution in [1.29, 1.82) is 0 Å². The molecule has 2 aromatic rings. The Morgan fingerprint density at radius 2 is 1.72 bits per heavy atom. The minimum Gasteiger partial charge on any atom is -0.507 e. The zero-order valence-electron chi connectivity index (χ0n) is 15.9. The van der Waals surface area contributed by atoms with Gasteiger partial charge in [-0.3, -0.25) is 9.59 Å². The molecule has 1 atom stereocenters. The van der Waals surface area contributed by atoms with Gasteiger partial charge in [0.2, 0.25) is 5.91 Å². The third-order valence-electron chi connectivity index (χ3n) is 4.06. The molecule has 0 radical (unpaired) electrons. The highest BCUT2D eigenvalue weighted by Crippen LogP contribution is 2.31. The van der Waals surface area contributed by atoms with E-state index in [9.17, 15) is 27.9 Å². The molecule has 0 fully saturated rings. The zero-order chi connectivity index (χ0) is 22.0. The number of benzene rings is 2. The van der Waals surface area contributed by atoms with Crippen molar-refractivity contribution in [3.63, 3.8) is 0 Å². The van der Waals surface area contributed by atoms with E-state index in [1.54, 1.807) is 20.8 Å². The second-order valence-electron chi connectivity index (χ2n) is 7.50. The van der Waals surface area contributed by atoms with Gasteiger partial charge in [-0.25, -0.2) is 0 Å². The van der Waals surface area contributed by atoms with Crippen LogP contribution < -0.4 is 10.6 Å². The van der Waals surface area contributed by atoms with Crippen LogP contribution in [0.25, 0.3) is 0 Å².